The molecule has 9 aromatic rings. The predicted molar refractivity (Wildman–Crippen MR) is 212 cm³/mol. The molecule has 1 aliphatic rings. The van der Waals surface area contributed by atoms with Gasteiger partial charge in [-0.1, -0.05) is 135 Å². The standard InChI is InChI=1S/C47H34N4/c1-47(2)41-20-9-8-18-37(41)38-24-25-40-39-19-11-21-42(45(39)51(46(40)44(38)47)43-26-27-48-30-49-43)50(36-23-22-32-14-6-7-15-33(32)29-36)35-17-10-16-34(28-35)31-12-4-3-5-13-31/h3-30H,1-2H3. The van der Waals surface area contributed by atoms with Crippen LogP contribution in [0.3, 0.4) is 0 Å². The van der Waals surface area contributed by atoms with Crippen LogP contribution in [0.4, 0.5) is 17.1 Å². The maximum Gasteiger partial charge on any atom is 0.141 e. The molecule has 0 spiro atoms. The Labute approximate surface area is 296 Å². The van der Waals surface area contributed by atoms with Crippen LogP contribution in [-0.2, 0) is 5.41 Å². The molecule has 2 aromatic heterocycles. The number of anilines is 3. The molecule has 1 aliphatic carbocycles. The molecule has 0 N–H and O–H groups in total. The molecule has 0 bridgehead atoms. The molecule has 0 atom stereocenters. The number of hydrogen-bond acceptors (Lipinski definition) is 3. The Kier molecular flexibility index (Phi) is 6.49. The zero-order valence-corrected chi connectivity index (χ0v) is 28.5. The van der Waals surface area contributed by atoms with Gasteiger partial charge in [-0.3, -0.25) is 4.57 Å². The van der Waals surface area contributed by atoms with Crippen molar-refractivity contribution in [1.29, 1.82) is 0 Å². The molecular formula is C47H34N4. The SMILES string of the molecule is CC1(C)c2ccccc2-c2ccc3c4cccc(N(c5cccc(-c6ccccc6)c5)c5ccc6ccccc6c5)c4n(-c4ccncn4)c3c21. The Balaban J connectivity index is 1.33. The third-order valence-electron chi connectivity index (χ3n) is 10.7. The first-order valence-corrected chi connectivity index (χ1v) is 17.5. The Morgan fingerprint density at radius 2 is 1.29 bits per heavy atom. The third kappa shape index (κ3) is 4.46. The minimum atomic E-state index is -0.215. The fourth-order valence-electron chi connectivity index (χ4n) is 8.41. The monoisotopic (exact) mass is 654 g/mol. The smallest absolute Gasteiger partial charge is 0.141 e. The van der Waals surface area contributed by atoms with Crippen LogP contribution in [-0.4, -0.2) is 14.5 Å². The summed E-state index contributed by atoms with van der Waals surface area (Å²) in [4.78, 5) is 11.7. The fourth-order valence-corrected chi connectivity index (χ4v) is 8.41. The van der Waals surface area contributed by atoms with Gasteiger partial charge in [0.25, 0.3) is 0 Å². The van der Waals surface area contributed by atoms with Crippen molar-refractivity contribution < 1.29 is 0 Å². The molecule has 7 aromatic carbocycles. The molecule has 51 heavy (non-hydrogen) atoms. The van der Waals surface area contributed by atoms with Crippen LogP contribution in [0.25, 0.3) is 60.6 Å². The topological polar surface area (TPSA) is 34.0 Å². The molecule has 10 rings (SSSR count). The summed E-state index contributed by atoms with van der Waals surface area (Å²) in [6, 6.07) is 57.1. The first-order valence-electron chi connectivity index (χ1n) is 17.5. The second-order valence-electron chi connectivity index (χ2n) is 13.9. The van der Waals surface area contributed by atoms with E-state index in [2.05, 4.69) is 180 Å². The number of nitrogens with zero attached hydrogens (tertiary/aromatic N) is 4. The number of fused-ring (bicyclic) bond motifs is 8. The first-order chi connectivity index (χ1) is 25.1. The lowest BCUT2D eigenvalue weighted by Crippen LogP contribution is -2.17. The Hall–Kier alpha value is -6.52. The molecule has 0 fully saturated rings. The molecule has 4 heteroatoms. The van der Waals surface area contributed by atoms with E-state index in [1.807, 2.05) is 12.3 Å². The Morgan fingerprint density at radius 3 is 2.16 bits per heavy atom. The van der Waals surface area contributed by atoms with Crippen molar-refractivity contribution in [2.24, 2.45) is 0 Å². The van der Waals surface area contributed by atoms with E-state index in [1.54, 1.807) is 6.33 Å². The molecule has 0 aliphatic heterocycles. The van der Waals surface area contributed by atoms with E-state index in [1.165, 1.54) is 60.4 Å². The van der Waals surface area contributed by atoms with Crippen molar-refractivity contribution in [3.8, 4) is 28.1 Å². The molecule has 4 nitrogen and oxygen atoms in total. The summed E-state index contributed by atoms with van der Waals surface area (Å²) in [5.41, 5.74) is 12.9. The zero-order chi connectivity index (χ0) is 34.1. The first kappa shape index (κ1) is 29.4. The van der Waals surface area contributed by atoms with Gasteiger partial charge in [-0.25, -0.2) is 9.97 Å². The molecule has 0 saturated heterocycles. The van der Waals surface area contributed by atoms with Crippen LogP contribution in [0.15, 0.2) is 170 Å². The number of para-hydroxylation sites is 1. The maximum absolute atomic E-state index is 4.92. The summed E-state index contributed by atoms with van der Waals surface area (Å²) >= 11 is 0. The molecule has 0 radical (unpaired) electrons. The lowest BCUT2D eigenvalue weighted by atomic mass is 9.81. The summed E-state index contributed by atoms with van der Waals surface area (Å²) in [5, 5.41) is 4.80. The molecule has 242 valence electrons. The maximum atomic E-state index is 4.92. The average molecular weight is 655 g/mol. The summed E-state index contributed by atoms with van der Waals surface area (Å²) in [6.07, 6.45) is 3.50. The Morgan fingerprint density at radius 1 is 0.549 bits per heavy atom. The highest BCUT2D eigenvalue weighted by atomic mass is 15.2. The largest absolute Gasteiger partial charge is 0.308 e. The van der Waals surface area contributed by atoms with Crippen molar-refractivity contribution in [3.05, 3.63) is 181 Å². The van der Waals surface area contributed by atoms with Crippen molar-refractivity contribution >= 4 is 49.6 Å². The number of hydrogen-bond donors (Lipinski definition) is 0. The minimum Gasteiger partial charge on any atom is -0.308 e. The molecule has 0 unspecified atom stereocenters. The van der Waals surface area contributed by atoms with Gasteiger partial charge in [0.05, 0.1) is 16.7 Å². The predicted octanol–water partition coefficient (Wildman–Crippen LogP) is 12.2. The highest BCUT2D eigenvalue weighted by Gasteiger charge is 2.39. The molecule has 0 amide bonds. The summed E-state index contributed by atoms with van der Waals surface area (Å²) in [7, 11) is 0. The van der Waals surface area contributed by atoms with E-state index in [4.69, 9.17) is 4.98 Å². The van der Waals surface area contributed by atoms with Gasteiger partial charge in [0.2, 0.25) is 0 Å². The van der Waals surface area contributed by atoms with Gasteiger partial charge in [0, 0.05) is 33.8 Å². The Bertz CT molecular complexity index is 2780. The van der Waals surface area contributed by atoms with Crippen molar-refractivity contribution in [1.82, 2.24) is 14.5 Å². The van der Waals surface area contributed by atoms with Gasteiger partial charge in [0.1, 0.15) is 12.1 Å². The van der Waals surface area contributed by atoms with Crippen molar-refractivity contribution in [3.63, 3.8) is 0 Å². The van der Waals surface area contributed by atoms with Crippen LogP contribution < -0.4 is 4.90 Å². The minimum absolute atomic E-state index is 0.215. The fraction of sp³-hybridized carbons (Fsp3) is 0.0638. The van der Waals surface area contributed by atoms with Gasteiger partial charge in [-0.2, -0.15) is 0 Å². The van der Waals surface area contributed by atoms with Crippen LogP contribution in [0.1, 0.15) is 25.0 Å². The zero-order valence-electron chi connectivity index (χ0n) is 28.5. The number of rotatable bonds is 5. The van der Waals surface area contributed by atoms with E-state index < -0.39 is 0 Å². The summed E-state index contributed by atoms with van der Waals surface area (Å²) in [6.45, 7) is 4.72. The van der Waals surface area contributed by atoms with Crippen LogP contribution in [0.5, 0.6) is 0 Å². The van der Waals surface area contributed by atoms with E-state index in [-0.39, 0.29) is 5.41 Å². The molecule has 2 heterocycles. The highest BCUT2D eigenvalue weighted by Crippen LogP contribution is 2.54. The third-order valence-corrected chi connectivity index (χ3v) is 10.7. The van der Waals surface area contributed by atoms with Gasteiger partial charge in [0.15, 0.2) is 0 Å². The van der Waals surface area contributed by atoms with Crippen molar-refractivity contribution in [2.45, 2.75) is 19.3 Å². The second kappa shape index (κ2) is 11.3. The number of benzene rings is 7. The van der Waals surface area contributed by atoms with Gasteiger partial charge in [-0.05, 0) is 80.6 Å². The van der Waals surface area contributed by atoms with Gasteiger partial charge in [-0.15, -0.1) is 0 Å². The molecule has 0 saturated carbocycles. The number of aromatic nitrogens is 3. The lowest BCUT2D eigenvalue weighted by Gasteiger charge is -2.28. The van der Waals surface area contributed by atoms with Crippen LogP contribution in [0.2, 0.25) is 0 Å². The average Bonchev–Trinajstić information content (AvgIpc) is 3.65. The van der Waals surface area contributed by atoms with Crippen LogP contribution >= 0.6 is 0 Å². The van der Waals surface area contributed by atoms with Crippen LogP contribution in [0, 0.1) is 0 Å². The lowest BCUT2D eigenvalue weighted by molar-refractivity contribution is 0.663. The van der Waals surface area contributed by atoms with Gasteiger partial charge < -0.3 is 4.90 Å². The highest BCUT2D eigenvalue weighted by molar-refractivity contribution is 6.17. The van der Waals surface area contributed by atoms with E-state index in [0.717, 1.165) is 28.4 Å². The summed E-state index contributed by atoms with van der Waals surface area (Å²) in [5.74, 6) is 0.842. The van der Waals surface area contributed by atoms with E-state index in [0.29, 0.717) is 0 Å². The van der Waals surface area contributed by atoms with E-state index >= 15 is 0 Å². The van der Waals surface area contributed by atoms with Gasteiger partial charge >= 0.3 is 0 Å². The quantitative estimate of drug-likeness (QED) is 0.185. The second-order valence-corrected chi connectivity index (χ2v) is 13.9. The molecular weight excluding hydrogens is 621 g/mol. The normalized spacial score (nSPS) is 13.1. The van der Waals surface area contributed by atoms with E-state index in [9.17, 15) is 0 Å². The summed E-state index contributed by atoms with van der Waals surface area (Å²) < 4.78 is 2.39. The van der Waals surface area contributed by atoms with Crippen molar-refractivity contribution in [2.75, 3.05) is 4.90 Å².